The summed E-state index contributed by atoms with van der Waals surface area (Å²) in [6, 6.07) is 5.82. The highest BCUT2D eigenvalue weighted by atomic mass is 32.2. The first-order valence-corrected chi connectivity index (χ1v) is 11.9. The van der Waals surface area contributed by atoms with E-state index in [0.29, 0.717) is 13.1 Å². The van der Waals surface area contributed by atoms with Crippen LogP contribution in [0.25, 0.3) is 5.57 Å². The van der Waals surface area contributed by atoms with Crippen LogP contribution in [-0.4, -0.2) is 84.7 Å². The highest BCUT2D eigenvalue weighted by molar-refractivity contribution is 7.88. The maximum atomic E-state index is 12.5. The third kappa shape index (κ3) is 7.59. The largest absolute Gasteiger partial charge is 0.481 e. The summed E-state index contributed by atoms with van der Waals surface area (Å²) in [5.41, 5.74) is 4.07. The fourth-order valence-corrected chi connectivity index (χ4v) is 4.92. The number of aliphatic carboxylic acids is 2. The topological polar surface area (TPSA) is 150 Å². The SMILES string of the molecule is CN(C)CCC1=C[N]c2ccc(CS(=O)(=O)N3CCCC3)cc21.O=C(O)CC(O)C(=O)O. The highest BCUT2D eigenvalue weighted by Crippen LogP contribution is 2.33. The maximum absolute atomic E-state index is 12.5. The predicted octanol–water partition coefficient (Wildman–Crippen LogP) is 1.06. The quantitative estimate of drug-likeness (QED) is 0.487. The summed E-state index contributed by atoms with van der Waals surface area (Å²) >= 11 is 0. The van der Waals surface area contributed by atoms with E-state index < -0.39 is 34.5 Å². The molecule has 10 nitrogen and oxygen atoms in total. The molecule has 1 unspecified atom stereocenters. The Balaban J connectivity index is 0.000000344. The van der Waals surface area contributed by atoms with Crippen LogP contribution in [-0.2, 0) is 25.4 Å². The number of carbonyl (C=O) groups is 2. The number of aliphatic hydroxyl groups is 1. The molecular formula is C21H30N3O7S. The number of rotatable bonds is 9. The van der Waals surface area contributed by atoms with Gasteiger partial charge >= 0.3 is 11.9 Å². The summed E-state index contributed by atoms with van der Waals surface area (Å²) in [5.74, 6) is -2.76. The third-order valence-electron chi connectivity index (χ3n) is 5.06. The van der Waals surface area contributed by atoms with Crippen LogP contribution in [0.15, 0.2) is 24.4 Å². The van der Waals surface area contributed by atoms with Gasteiger partial charge in [0.05, 0.1) is 17.9 Å². The Labute approximate surface area is 188 Å². The van der Waals surface area contributed by atoms with E-state index >= 15 is 0 Å². The molecule has 1 radical (unpaired) electrons. The fraction of sp³-hybridized carbons (Fsp3) is 0.524. The van der Waals surface area contributed by atoms with Gasteiger partial charge in [0.25, 0.3) is 0 Å². The van der Waals surface area contributed by atoms with Gasteiger partial charge in [-0.3, -0.25) is 10.1 Å². The molecule has 11 heteroatoms. The van der Waals surface area contributed by atoms with Crippen molar-refractivity contribution in [3.63, 3.8) is 0 Å². The Morgan fingerprint density at radius 3 is 2.38 bits per heavy atom. The summed E-state index contributed by atoms with van der Waals surface area (Å²) in [5, 5.41) is 28.6. The fourth-order valence-electron chi connectivity index (χ4n) is 3.32. The van der Waals surface area contributed by atoms with E-state index in [4.69, 9.17) is 15.3 Å². The van der Waals surface area contributed by atoms with E-state index in [9.17, 15) is 18.0 Å². The maximum Gasteiger partial charge on any atom is 0.333 e. The molecule has 177 valence electrons. The van der Waals surface area contributed by atoms with Crippen molar-refractivity contribution in [2.24, 2.45) is 0 Å². The minimum atomic E-state index is -3.20. The summed E-state index contributed by atoms with van der Waals surface area (Å²) in [4.78, 5) is 21.6. The van der Waals surface area contributed by atoms with Crippen molar-refractivity contribution in [3.8, 4) is 0 Å². The normalized spacial score (nSPS) is 16.6. The second-order valence-electron chi connectivity index (χ2n) is 8.00. The van der Waals surface area contributed by atoms with Crippen LogP contribution >= 0.6 is 0 Å². The molecule has 0 spiro atoms. The van der Waals surface area contributed by atoms with Gasteiger partial charge in [0.15, 0.2) is 6.10 Å². The number of carboxylic acids is 2. The lowest BCUT2D eigenvalue weighted by molar-refractivity contribution is -0.152. The molecular weight excluding hydrogens is 438 g/mol. The summed E-state index contributed by atoms with van der Waals surface area (Å²) in [6.07, 6.45) is 2.23. The van der Waals surface area contributed by atoms with Crippen molar-refractivity contribution >= 4 is 33.2 Å². The van der Waals surface area contributed by atoms with Gasteiger partial charge in [-0.2, -0.15) is 0 Å². The first kappa shape index (κ1) is 25.8. The van der Waals surface area contributed by atoms with Crippen LogP contribution in [0.3, 0.4) is 0 Å². The first-order valence-electron chi connectivity index (χ1n) is 10.3. The standard InChI is InChI=1S/C17H24N3O2S.C4H6O5/c1-19(2)10-7-15-12-18-17-6-5-14(11-16(15)17)13-23(21,22)20-8-3-4-9-20;5-2(4(8)9)1-3(6)7/h5-6,11-12H,3-4,7-10,13H2,1-2H3;2,5H,1H2,(H,6,7)(H,8,9). The molecule has 1 fully saturated rings. The van der Waals surface area contributed by atoms with Gasteiger partial charge in [-0.1, -0.05) is 6.07 Å². The molecule has 2 aliphatic rings. The third-order valence-corrected chi connectivity index (χ3v) is 6.91. The van der Waals surface area contributed by atoms with Crippen LogP contribution < -0.4 is 5.32 Å². The zero-order chi connectivity index (χ0) is 23.9. The molecule has 0 aromatic heterocycles. The molecule has 3 N–H and O–H groups in total. The Morgan fingerprint density at radius 1 is 1.19 bits per heavy atom. The van der Waals surface area contributed by atoms with E-state index in [1.165, 1.54) is 5.57 Å². The van der Waals surface area contributed by atoms with Crippen molar-refractivity contribution in [2.45, 2.75) is 37.5 Å². The van der Waals surface area contributed by atoms with Crippen LogP contribution in [0, 0.1) is 0 Å². The average molecular weight is 469 g/mol. The number of carboxylic acid groups (broad SMARTS) is 2. The van der Waals surface area contributed by atoms with Gasteiger partial charge in [0.1, 0.15) is 0 Å². The molecule has 32 heavy (non-hydrogen) atoms. The minimum Gasteiger partial charge on any atom is -0.481 e. The summed E-state index contributed by atoms with van der Waals surface area (Å²) in [7, 11) is 0.898. The van der Waals surface area contributed by atoms with Gasteiger partial charge in [0.2, 0.25) is 10.0 Å². The number of hydrogen-bond donors (Lipinski definition) is 3. The molecule has 1 aromatic carbocycles. The Morgan fingerprint density at radius 2 is 1.84 bits per heavy atom. The molecule has 3 rings (SSSR count). The van der Waals surface area contributed by atoms with Gasteiger partial charge < -0.3 is 20.2 Å². The molecule has 0 bridgehead atoms. The number of hydrogen-bond acceptors (Lipinski definition) is 6. The zero-order valence-electron chi connectivity index (χ0n) is 18.3. The van der Waals surface area contributed by atoms with Crippen molar-refractivity contribution in [2.75, 3.05) is 33.7 Å². The highest BCUT2D eigenvalue weighted by Gasteiger charge is 2.26. The molecule has 0 saturated carbocycles. The lowest BCUT2D eigenvalue weighted by Gasteiger charge is -2.16. The van der Waals surface area contributed by atoms with Crippen molar-refractivity contribution in [3.05, 3.63) is 35.5 Å². The van der Waals surface area contributed by atoms with Crippen LogP contribution in [0.1, 0.15) is 36.8 Å². The van der Waals surface area contributed by atoms with Crippen molar-refractivity contribution < 1.29 is 33.3 Å². The van der Waals surface area contributed by atoms with Crippen LogP contribution in [0.2, 0.25) is 0 Å². The summed E-state index contributed by atoms with van der Waals surface area (Å²) < 4.78 is 26.6. The number of nitrogens with zero attached hydrogens (tertiary/aromatic N) is 3. The van der Waals surface area contributed by atoms with E-state index in [-0.39, 0.29) is 5.75 Å². The lowest BCUT2D eigenvalue weighted by Crippen LogP contribution is -2.29. The van der Waals surface area contributed by atoms with Crippen LogP contribution in [0.4, 0.5) is 5.69 Å². The summed E-state index contributed by atoms with van der Waals surface area (Å²) in [6.45, 7) is 2.28. The minimum absolute atomic E-state index is 0.0846. The first-order chi connectivity index (χ1) is 15.0. The van der Waals surface area contributed by atoms with Crippen LogP contribution in [0.5, 0.6) is 0 Å². The second kappa shape index (κ2) is 11.4. The van der Waals surface area contributed by atoms with E-state index in [2.05, 4.69) is 10.2 Å². The molecule has 0 amide bonds. The molecule has 2 aliphatic heterocycles. The number of sulfonamides is 1. The monoisotopic (exact) mass is 468 g/mol. The van der Waals surface area contributed by atoms with E-state index in [0.717, 1.165) is 42.6 Å². The molecule has 1 atom stereocenters. The molecule has 2 heterocycles. The molecule has 0 aliphatic carbocycles. The number of fused-ring (bicyclic) bond motifs is 1. The Hall–Kier alpha value is -2.47. The smallest absolute Gasteiger partial charge is 0.333 e. The number of benzene rings is 1. The lowest BCUT2D eigenvalue weighted by atomic mass is 10.0. The average Bonchev–Trinajstić information content (AvgIpc) is 3.36. The Kier molecular flexibility index (Phi) is 9.20. The van der Waals surface area contributed by atoms with Crippen molar-refractivity contribution in [1.29, 1.82) is 0 Å². The van der Waals surface area contributed by atoms with Gasteiger partial charge in [0, 0.05) is 31.4 Å². The molecule has 1 saturated heterocycles. The molecule has 1 aromatic rings. The van der Waals surface area contributed by atoms with Gasteiger partial charge in [-0.15, -0.1) is 0 Å². The Bertz CT molecular complexity index is 954. The number of aliphatic hydroxyl groups excluding tert-OH is 1. The predicted molar refractivity (Wildman–Crippen MR) is 119 cm³/mol. The zero-order valence-corrected chi connectivity index (χ0v) is 19.1. The van der Waals surface area contributed by atoms with Crippen molar-refractivity contribution in [1.82, 2.24) is 14.5 Å². The van der Waals surface area contributed by atoms with Gasteiger partial charge in [-0.05, 0) is 56.6 Å². The van der Waals surface area contributed by atoms with Gasteiger partial charge in [-0.25, -0.2) is 17.5 Å². The second-order valence-corrected chi connectivity index (χ2v) is 9.97. The van der Waals surface area contributed by atoms with E-state index in [1.807, 2.05) is 38.5 Å². The van der Waals surface area contributed by atoms with E-state index in [1.54, 1.807) is 4.31 Å².